The van der Waals surface area contributed by atoms with Crippen molar-refractivity contribution in [1.82, 2.24) is 0 Å². The van der Waals surface area contributed by atoms with Gasteiger partial charge in [-0.2, -0.15) is 0 Å². The number of hydrogen-bond acceptors (Lipinski definition) is 1. The van der Waals surface area contributed by atoms with E-state index in [0.29, 0.717) is 0 Å². The van der Waals surface area contributed by atoms with Crippen molar-refractivity contribution in [1.29, 1.82) is 0 Å². The molecule has 1 aromatic rings. The van der Waals surface area contributed by atoms with Gasteiger partial charge < -0.3 is 5.11 Å². The van der Waals surface area contributed by atoms with Gasteiger partial charge in [0.2, 0.25) is 0 Å². The van der Waals surface area contributed by atoms with Crippen molar-refractivity contribution in [2.24, 2.45) is 0 Å². The van der Waals surface area contributed by atoms with Gasteiger partial charge in [0, 0.05) is 3.57 Å². The van der Waals surface area contributed by atoms with Crippen LogP contribution < -0.4 is 0 Å². The molecule has 0 bridgehead atoms. The van der Waals surface area contributed by atoms with E-state index in [4.69, 9.17) is 0 Å². The molecule has 0 saturated heterocycles. The van der Waals surface area contributed by atoms with Gasteiger partial charge in [0.15, 0.2) is 0 Å². The predicted octanol–water partition coefficient (Wildman–Crippen LogP) is 3.65. The second kappa shape index (κ2) is 5.66. The summed E-state index contributed by atoms with van der Waals surface area (Å²) in [6, 6.07) is 4.51. The number of halogens is 2. The zero-order chi connectivity index (χ0) is 10.6. The van der Waals surface area contributed by atoms with E-state index in [9.17, 15) is 9.50 Å². The first-order valence-electron chi connectivity index (χ1n) is 4.78. The van der Waals surface area contributed by atoms with Crippen LogP contribution in [-0.4, -0.2) is 5.11 Å². The van der Waals surface area contributed by atoms with E-state index in [-0.39, 0.29) is 5.82 Å². The summed E-state index contributed by atoms with van der Waals surface area (Å²) >= 11 is 2.05. The van der Waals surface area contributed by atoms with Gasteiger partial charge in [-0.15, -0.1) is 0 Å². The standard InChI is InChI=1S/C11H14FIO/c1-2-3-4-11(14)9-6-5-8(12)7-10(9)13/h5-7,11,14H,2-4H2,1H3. The van der Waals surface area contributed by atoms with Gasteiger partial charge in [-0.25, -0.2) is 4.39 Å². The Hall–Kier alpha value is -0.160. The maximum atomic E-state index is 12.8. The summed E-state index contributed by atoms with van der Waals surface area (Å²) < 4.78 is 13.6. The Morgan fingerprint density at radius 3 is 2.79 bits per heavy atom. The molecule has 78 valence electrons. The fourth-order valence-electron chi connectivity index (χ4n) is 1.32. The number of rotatable bonds is 4. The van der Waals surface area contributed by atoms with E-state index in [1.54, 1.807) is 6.07 Å². The number of aliphatic hydroxyl groups is 1. The maximum absolute atomic E-state index is 12.8. The van der Waals surface area contributed by atoms with E-state index in [1.165, 1.54) is 12.1 Å². The first-order valence-corrected chi connectivity index (χ1v) is 5.86. The Morgan fingerprint density at radius 2 is 2.21 bits per heavy atom. The summed E-state index contributed by atoms with van der Waals surface area (Å²) in [7, 11) is 0. The van der Waals surface area contributed by atoms with Gasteiger partial charge in [0.1, 0.15) is 5.82 Å². The smallest absolute Gasteiger partial charge is 0.124 e. The molecule has 1 rings (SSSR count). The van der Waals surface area contributed by atoms with Crippen LogP contribution in [0.5, 0.6) is 0 Å². The van der Waals surface area contributed by atoms with Crippen molar-refractivity contribution in [3.63, 3.8) is 0 Å². The summed E-state index contributed by atoms with van der Waals surface area (Å²) in [5, 5.41) is 9.80. The number of benzene rings is 1. The zero-order valence-corrected chi connectivity index (χ0v) is 10.3. The van der Waals surface area contributed by atoms with Crippen LogP contribution in [0.1, 0.15) is 37.9 Å². The van der Waals surface area contributed by atoms with Crippen molar-refractivity contribution in [3.8, 4) is 0 Å². The molecule has 1 N–H and O–H groups in total. The van der Waals surface area contributed by atoms with Crippen LogP contribution in [0.3, 0.4) is 0 Å². The average molecular weight is 308 g/mol. The summed E-state index contributed by atoms with van der Waals surface area (Å²) in [6.07, 6.45) is 2.35. The first-order chi connectivity index (χ1) is 6.65. The highest BCUT2D eigenvalue weighted by molar-refractivity contribution is 14.1. The predicted molar refractivity (Wildman–Crippen MR) is 63.6 cm³/mol. The molecule has 14 heavy (non-hydrogen) atoms. The number of hydrogen-bond donors (Lipinski definition) is 1. The maximum Gasteiger partial charge on any atom is 0.124 e. The van der Waals surface area contributed by atoms with Crippen molar-refractivity contribution in [2.75, 3.05) is 0 Å². The topological polar surface area (TPSA) is 20.2 Å². The molecular formula is C11H14FIO. The molecule has 1 aromatic carbocycles. The highest BCUT2D eigenvalue weighted by Gasteiger charge is 2.10. The molecule has 0 amide bonds. The Labute approximate surface area is 97.5 Å². The Kier molecular flexibility index (Phi) is 4.81. The number of aliphatic hydroxyl groups excluding tert-OH is 1. The van der Waals surface area contributed by atoms with Crippen LogP contribution in [0, 0.1) is 9.39 Å². The largest absolute Gasteiger partial charge is 0.388 e. The minimum Gasteiger partial charge on any atom is -0.388 e. The molecule has 1 unspecified atom stereocenters. The third-order valence-electron chi connectivity index (χ3n) is 2.15. The van der Waals surface area contributed by atoms with Crippen LogP contribution in [0.25, 0.3) is 0 Å². The summed E-state index contributed by atoms with van der Waals surface area (Å²) in [6.45, 7) is 2.09. The van der Waals surface area contributed by atoms with E-state index < -0.39 is 6.10 Å². The van der Waals surface area contributed by atoms with Crippen molar-refractivity contribution in [3.05, 3.63) is 33.1 Å². The minimum atomic E-state index is -0.456. The SMILES string of the molecule is CCCCC(O)c1ccc(F)cc1I. The molecule has 0 aromatic heterocycles. The summed E-state index contributed by atoms with van der Waals surface area (Å²) in [4.78, 5) is 0. The monoisotopic (exact) mass is 308 g/mol. The van der Waals surface area contributed by atoms with Crippen molar-refractivity contribution in [2.45, 2.75) is 32.3 Å². The minimum absolute atomic E-state index is 0.249. The molecule has 0 spiro atoms. The molecule has 0 aliphatic rings. The lowest BCUT2D eigenvalue weighted by Gasteiger charge is -2.12. The fourth-order valence-corrected chi connectivity index (χ4v) is 2.16. The van der Waals surface area contributed by atoms with Crippen LogP contribution in [0.4, 0.5) is 4.39 Å². The second-order valence-corrected chi connectivity index (χ2v) is 4.49. The van der Waals surface area contributed by atoms with E-state index in [1.807, 2.05) is 0 Å². The normalized spacial score (nSPS) is 12.9. The van der Waals surface area contributed by atoms with Gasteiger partial charge in [-0.1, -0.05) is 25.8 Å². The highest BCUT2D eigenvalue weighted by Crippen LogP contribution is 2.24. The van der Waals surface area contributed by atoms with Gasteiger partial charge in [-0.3, -0.25) is 0 Å². The van der Waals surface area contributed by atoms with Crippen LogP contribution >= 0.6 is 22.6 Å². The molecule has 1 atom stereocenters. The van der Waals surface area contributed by atoms with E-state index >= 15 is 0 Å². The molecule has 0 fully saturated rings. The second-order valence-electron chi connectivity index (χ2n) is 3.32. The molecule has 0 heterocycles. The fraction of sp³-hybridized carbons (Fsp3) is 0.455. The Bertz CT molecular complexity index is 301. The van der Waals surface area contributed by atoms with Crippen LogP contribution in [-0.2, 0) is 0 Å². The first kappa shape index (κ1) is 11.9. The third-order valence-corrected chi connectivity index (χ3v) is 3.09. The lowest BCUT2D eigenvalue weighted by Crippen LogP contribution is -2.00. The van der Waals surface area contributed by atoms with Crippen molar-refractivity contribution < 1.29 is 9.50 Å². The molecule has 1 nitrogen and oxygen atoms in total. The van der Waals surface area contributed by atoms with Gasteiger partial charge in [-0.05, 0) is 46.7 Å². The van der Waals surface area contributed by atoms with E-state index in [0.717, 1.165) is 28.4 Å². The molecular weight excluding hydrogens is 294 g/mol. The molecule has 0 aliphatic carbocycles. The van der Waals surface area contributed by atoms with Crippen LogP contribution in [0.15, 0.2) is 18.2 Å². The molecule has 0 radical (unpaired) electrons. The zero-order valence-electron chi connectivity index (χ0n) is 8.13. The highest BCUT2D eigenvalue weighted by atomic mass is 127. The lowest BCUT2D eigenvalue weighted by atomic mass is 10.0. The molecule has 0 aliphatic heterocycles. The Balaban J connectivity index is 2.74. The molecule has 0 saturated carbocycles. The average Bonchev–Trinajstić information content (AvgIpc) is 2.14. The van der Waals surface area contributed by atoms with Crippen molar-refractivity contribution >= 4 is 22.6 Å². The lowest BCUT2D eigenvalue weighted by molar-refractivity contribution is 0.163. The quantitative estimate of drug-likeness (QED) is 0.842. The third kappa shape index (κ3) is 3.20. The number of unbranched alkanes of at least 4 members (excludes halogenated alkanes) is 1. The summed E-state index contributed by atoms with van der Waals surface area (Å²) in [5.41, 5.74) is 0.834. The van der Waals surface area contributed by atoms with E-state index in [2.05, 4.69) is 29.5 Å². The summed E-state index contributed by atoms with van der Waals surface area (Å²) in [5.74, 6) is -0.249. The van der Waals surface area contributed by atoms with Gasteiger partial charge >= 0.3 is 0 Å². The Morgan fingerprint density at radius 1 is 1.50 bits per heavy atom. The van der Waals surface area contributed by atoms with Crippen LogP contribution in [0.2, 0.25) is 0 Å². The van der Waals surface area contributed by atoms with Gasteiger partial charge in [0.05, 0.1) is 6.10 Å². The molecule has 3 heteroatoms. The van der Waals surface area contributed by atoms with Gasteiger partial charge in [0.25, 0.3) is 0 Å².